The molecule has 0 nitrogen and oxygen atoms in total. The van der Waals surface area contributed by atoms with E-state index in [9.17, 15) is 0 Å². The predicted molar refractivity (Wildman–Crippen MR) is 90.8 cm³/mol. The van der Waals surface area contributed by atoms with Crippen LogP contribution in [0.1, 0.15) is 39.0 Å². The molecule has 1 aliphatic rings. The molecule has 3 rings (SSSR count). The highest BCUT2D eigenvalue weighted by Gasteiger charge is 2.38. The largest absolute Gasteiger partial charge is 0.108 e. The van der Waals surface area contributed by atoms with Gasteiger partial charge in [0.15, 0.2) is 0 Å². The summed E-state index contributed by atoms with van der Waals surface area (Å²) < 4.78 is 0. The van der Waals surface area contributed by atoms with Crippen molar-refractivity contribution >= 4 is 19.2 Å². The zero-order valence-electron chi connectivity index (χ0n) is 12.4. The first-order valence-electron chi connectivity index (χ1n) is 7.89. The molecule has 2 aromatic rings. The first kappa shape index (κ1) is 13.6. The third-order valence-electron chi connectivity index (χ3n) is 4.96. The second kappa shape index (κ2) is 5.97. The fourth-order valence-electron chi connectivity index (χ4n) is 3.94. The maximum absolute atomic E-state index is 2.56. The first-order chi connectivity index (χ1) is 9.80. The highest BCUT2D eigenvalue weighted by Crippen LogP contribution is 2.44. The summed E-state index contributed by atoms with van der Waals surface area (Å²) in [5.41, 5.74) is 0. The monoisotopic (exact) mass is 280 g/mol. The molecular formula is C19H24Si. The molecule has 0 bridgehead atoms. The number of benzene rings is 2. The second-order valence-electron chi connectivity index (χ2n) is 6.47. The fourth-order valence-corrected chi connectivity index (χ4v) is 8.13. The van der Waals surface area contributed by atoms with E-state index in [-0.39, 0.29) is 0 Å². The molecule has 0 spiro atoms. The van der Waals surface area contributed by atoms with Crippen molar-refractivity contribution in [2.45, 2.75) is 44.1 Å². The highest BCUT2D eigenvalue weighted by molar-refractivity contribution is 6.87. The van der Waals surface area contributed by atoms with Crippen molar-refractivity contribution in [2.24, 2.45) is 0 Å². The van der Waals surface area contributed by atoms with Gasteiger partial charge in [-0.05, 0) is 17.9 Å². The Hall–Kier alpha value is -1.34. The molecule has 0 atom stereocenters. The summed E-state index contributed by atoms with van der Waals surface area (Å²) in [6.45, 7) is 2.56. The van der Waals surface area contributed by atoms with Crippen LogP contribution in [0.2, 0.25) is 5.04 Å². The summed E-state index contributed by atoms with van der Waals surface area (Å²) in [4.78, 5) is 0. The molecule has 1 heteroatoms. The molecule has 0 unspecified atom stereocenters. The van der Waals surface area contributed by atoms with Crippen molar-refractivity contribution in [1.29, 1.82) is 0 Å². The molecule has 1 saturated carbocycles. The van der Waals surface area contributed by atoms with Crippen molar-refractivity contribution in [1.82, 2.24) is 0 Å². The molecule has 2 aromatic carbocycles. The van der Waals surface area contributed by atoms with Gasteiger partial charge in [-0.25, -0.2) is 0 Å². The third kappa shape index (κ3) is 2.73. The van der Waals surface area contributed by atoms with Gasteiger partial charge in [0.25, 0.3) is 0 Å². The summed E-state index contributed by atoms with van der Waals surface area (Å²) in [5, 5.41) is 3.77. The van der Waals surface area contributed by atoms with Gasteiger partial charge in [-0.1, -0.05) is 97.2 Å². The molecule has 0 aromatic heterocycles. The van der Waals surface area contributed by atoms with Crippen LogP contribution < -0.4 is 10.4 Å². The molecule has 0 N–H and O–H groups in total. The standard InChI is InChI=1S/C19H24Si/c1-19(15-9-4-10-16-19)20(17-11-5-2-6-12-17)18-13-7-3-8-14-18/h2-3,5-8,11-14,20H,4,9-10,15-16H2,1H3. The van der Waals surface area contributed by atoms with E-state index in [2.05, 4.69) is 67.6 Å². The van der Waals surface area contributed by atoms with Crippen LogP contribution in [0, 0.1) is 0 Å². The van der Waals surface area contributed by atoms with Gasteiger partial charge in [0, 0.05) is 0 Å². The molecule has 0 aliphatic heterocycles. The van der Waals surface area contributed by atoms with Gasteiger partial charge in [0.2, 0.25) is 0 Å². The van der Waals surface area contributed by atoms with Gasteiger partial charge in [-0.3, -0.25) is 0 Å². The lowest BCUT2D eigenvalue weighted by Gasteiger charge is -2.40. The minimum absolute atomic E-state index is 0.543. The van der Waals surface area contributed by atoms with Crippen LogP contribution in [0.4, 0.5) is 0 Å². The summed E-state index contributed by atoms with van der Waals surface area (Å²) in [6.07, 6.45) is 7.08. The second-order valence-corrected chi connectivity index (χ2v) is 10.1. The Labute approximate surface area is 124 Å². The Kier molecular flexibility index (Phi) is 4.07. The van der Waals surface area contributed by atoms with E-state index >= 15 is 0 Å². The Morgan fingerprint density at radius 3 is 1.60 bits per heavy atom. The molecule has 20 heavy (non-hydrogen) atoms. The maximum atomic E-state index is 2.56. The van der Waals surface area contributed by atoms with E-state index in [0.29, 0.717) is 5.04 Å². The highest BCUT2D eigenvalue weighted by atomic mass is 28.3. The van der Waals surface area contributed by atoms with Gasteiger partial charge >= 0.3 is 0 Å². The summed E-state index contributed by atoms with van der Waals surface area (Å²) in [6, 6.07) is 22.6. The third-order valence-corrected chi connectivity index (χ3v) is 9.03. The van der Waals surface area contributed by atoms with Gasteiger partial charge in [-0.15, -0.1) is 0 Å². The van der Waals surface area contributed by atoms with Gasteiger partial charge in [0.1, 0.15) is 8.80 Å². The van der Waals surface area contributed by atoms with Gasteiger partial charge in [-0.2, -0.15) is 0 Å². The smallest absolute Gasteiger partial charge is 0.0629 e. The lowest BCUT2D eigenvalue weighted by atomic mass is 9.90. The van der Waals surface area contributed by atoms with Crippen molar-refractivity contribution in [3.63, 3.8) is 0 Å². The van der Waals surface area contributed by atoms with Crippen LogP contribution in [0.15, 0.2) is 60.7 Å². The lowest BCUT2D eigenvalue weighted by molar-refractivity contribution is 0.398. The predicted octanol–water partition coefficient (Wildman–Crippen LogP) is 3.75. The Morgan fingerprint density at radius 1 is 0.700 bits per heavy atom. The molecule has 1 fully saturated rings. The summed E-state index contributed by atoms with van der Waals surface area (Å²) >= 11 is 0. The number of rotatable bonds is 3. The summed E-state index contributed by atoms with van der Waals surface area (Å²) in [7, 11) is -1.15. The van der Waals surface area contributed by atoms with Crippen molar-refractivity contribution in [3.05, 3.63) is 60.7 Å². The SMILES string of the molecule is CC1([SiH](c2ccccc2)c2ccccc2)CCCCC1. The van der Waals surface area contributed by atoms with Crippen LogP contribution in [0.5, 0.6) is 0 Å². The number of hydrogen-bond donors (Lipinski definition) is 0. The summed E-state index contributed by atoms with van der Waals surface area (Å²) in [5.74, 6) is 0. The molecule has 1 aliphatic carbocycles. The Balaban J connectivity index is 2.04. The zero-order chi connectivity index (χ0) is 13.8. The topological polar surface area (TPSA) is 0 Å². The lowest BCUT2D eigenvalue weighted by Crippen LogP contribution is -2.51. The quantitative estimate of drug-likeness (QED) is 0.751. The average Bonchev–Trinajstić information content (AvgIpc) is 2.50. The van der Waals surface area contributed by atoms with Crippen molar-refractivity contribution < 1.29 is 0 Å². The van der Waals surface area contributed by atoms with Crippen molar-refractivity contribution in [3.8, 4) is 0 Å². The Morgan fingerprint density at radius 2 is 1.15 bits per heavy atom. The molecule has 0 heterocycles. The van der Waals surface area contributed by atoms with E-state index in [1.54, 1.807) is 10.4 Å². The first-order valence-corrected chi connectivity index (χ1v) is 9.63. The van der Waals surface area contributed by atoms with E-state index in [4.69, 9.17) is 0 Å². The molecule has 0 saturated heterocycles. The maximum Gasteiger partial charge on any atom is 0.108 e. The van der Waals surface area contributed by atoms with Crippen LogP contribution in [-0.2, 0) is 0 Å². The van der Waals surface area contributed by atoms with Crippen LogP contribution in [-0.4, -0.2) is 8.80 Å². The normalized spacial score (nSPS) is 18.1. The minimum atomic E-state index is -1.15. The van der Waals surface area contributed by atoms with Gasteiger partial charge < -0.3 is 0 Å². The zero-order valence-corrected chi connectivity index (χ0v) is 13.5. The fraction of sp³-hybridized carbons (Fsp3) is 0.368. The van der Waals surface area contributed by atoms with E-state index in [1.807, 2.05) is 0 Å². The average molecular weight is 280 g/mol. The van der Waals surface area contributed by atoms with E-state index in [1.165, 1.54) is 32.1 Å². The van der Waals surface area contributed by atoms with E-state index < -0.39 is 8.80 Å². The van der Waals surface area contributed by atoms with Gasteiger partial charge in [0.05, 0.1) is 0 Å². The minimum Gasteiger partial charge on any atom is -0.0629 e. The van der Waals surface area contributed by atoms with E-state index in [0.717, 1.165) is 0 Å². The van der Waals surface area contributed by atoms with Crippen LogP contribution in [0.25, 0.3) is 0 Å². The van der Waals surface area contributed by atoms with Crippen LogP contribution >= 0.6 is 0 Å². The molecular weight excluding hydrogens is 256 g/mol. The molecule has 104 valence electrons. The Bertz CT molecular complexity index is 487. The molecule has 0 amide bonds. The van der Waals surface area contributed by atoms with Crippen molar-refractivity contribution in [2.75, 3.05) is 0 Å². The number of hydrogen-bond acceptors (Lipinski definition) is 0. The van der Waals surface area contributed by atoms with Crippen LogP contribution in [0.3, 0.4) is 0 Å². The molecule has 0 radical (unpaired) electrons.